The van der Waals surface area contributed by atoms with E-state index in [1.807, 2.05) is 4.90 Å². The van der Waals surface area contributed by atoms with Crippen molar-refractivity contribution in [3.63, 3.8) is 0 Å². The molecule has 1 aromatic heterocycles. The first-order valence-corrected chi connectivity index (χ1v) is 5.63. The van der Waals surface area contributed by atoms with E-state index >= 15 is 0 Å². The van der Waals surface area contributed by atoms with Crippen molar-refractivity contribution in [3.8, 4) is 0 Å². The third-order valence-corrected chi connectivity index (χ3v) is 2.81. The number of hydrogen-bond acceptors (Lipinski definition) is 5. The lowest BCUT2D eigenvalue weighted by Crippen LogP contribution is -2.46. The average molecular weight is 250 g/mol. The second-order valence-corrected chi connectivity index (χ2v) is 4.13. The normalized spacial score (nSPS) is 15.6. The lowest BCUT2D eigenvalue weighted by atomic mass is 10.3. The summed E-state index contributed by atoms with van der Waals surface area (Å²) in [5.74, 6) is -0.647. The molecule has 1 aliphatic heterocycles. The first-order valence-electron chi connectivity index (χ1n) is 5.63. The number of aromatic carboxylic acids is 1. The van der Waals surface area contributed by atoms with Gasteiger partial charge in [0.25, 0.3) is 0 Å². The van der Waals surface area contributed by atoms with Gasteiger partial charge in [0, 0.05) is 31.9 Å². The second-order valence-electron chi connectivity index (χ2n) is 4.13. The van der Waals surface area contributed by atoms with Crippen LogP contribution in [0.25, 0.3) is 0 Å². The van der Waals surface area contributed by atoms with Crippen molar-refractivity contribution in [1.82, 2.24) is 14.9 Å². The SMILES string of the molecule is Cc1cc(C(=O)O)nc(N2CCN(C=O)CC2)n1. The van der Waals surface area contributed by atoms with Crippen LogP contribution in [-0.2, 0) is 4.79 Å². The zero-order valence-corrected chi connectivity index (χ0v) is 10.0. The van der Waals surface area contributed by atoms with Crippen LogP contribution in [0.4, 0.5) is 5.95 Å². The van der Waals surface area contributed by atoms with Gasteiger partial charge in [-0.1, -0.05) is 0 Å². The summed E-state index contributed by atoms with van der Waals surface area (Å²) in [5.41, 5.74) is 0.616. The highest BCUT2D eigenvalue weighted by atomic mass is 16.4. The predicted molar refractivity (Wildman–Crippen MR) is 63.6 cm³/mol. The van der Waals surface area contributed by atoms with Crippen LogP contribution in [0, 0.1) is 6.92 Å². The van der Waals surface area contributed by atoms with Gasteiger partial charge in [0.2, 0.25) is 12.4 Å². The molecule has 7 nitrogen and oxygen atoms in total. The molecular weight excluding hydrogens is 236 g/mol. The summed E-state index contributed by atoms with van der Waals surface area (Å²) in [4.78, 5) is 33.3. The molecule has 1 N–H and O–H groups in total. The van der Waals surface area contributed by atoms with Crippen LogP contribution in [-0.4, -0.2) is 58.5 Å². The van der Waals surface area contributed by atoms with Gasteiger partial charge in [-0.3, -0.25) is 4.79 Å². The van der Waals surface area contributed by atoms with Crippen molar-refractivity contribution in [2.45, 2.75) is 6.92 Å². The first-order chi connectivity index (χ1) is 8.60. The zero-order chi connectivity index (χ0) is 13.1. The smallest absolute Gasteiger partial charge is 0.354 e. The summed E-state index contributed by atoms with van der Waals surface area (Å²) in [5, 5.41) is 8.95. The lowest BCUT2D eigenvalue weighted by Gasteiger charge is -2.32. The maximum atomic E-state index is 10.9. The number of carbonyl (C=O) groups excluding carboxylic acids is 1. The maximum absolute atomic E-state index is 10.9. The van der Waals surface area contributed by atoms with Crippen LogP contribution in [0.3, 0.4) is 0 Å². The molecule has 1 aromatic rings. The number of aromatic nitrogens is 2. The summed E-state index contributed by atoms with van der Waals surface area (Å²) in [6.45, 7) is 4.16. The molecule has 7 heteroatoms. The fraction of sp³-hybridized carbons (Fsp3) is 0.455. The molecule has 0 spiro atoms. The van der Waals surface area contributed by atoms with Gasteiger partial charge in [0.05, 0.1) is 0 Å². The van der Waals surface area contributed by atoms with E-state index < -0.39 is 5.97 Å². The number of aryl methyl sites for hydroxylation is 1. The van der Waals surface area contributed by atoms with Gasteiger partial charge < -0.3 is 14.9 Å². The van der Waals surface area contributed by atoms with Crippen LogP contribution >= 0.6 is 0 Å². The van der Waals surface area contributed by atoms with Crippen LogP contribution in [0.1, 0.15) is 16.2 Å². The number of carboxylic acid groups (broad SMARTS) is 1. The Hall–Kier alpha value is -2.18. The molecule has 2 heterocycles. The molecule has 0 radical (unpaired) electrons. The Balaban J connectivity index is 2.18. The molecule has 0 aliphatic carbocycles. The van der Waals surface area contributed by atoms with E-state index in [-0.39, 0.29) is 5.69 Å². The van der Waals surface area contributed by atoms with E-state index in [0.717, 1.165) is 6.41 Å². The molecule has 1 amide bonds. The first kappa shape index (κ1) is 12.3. The van der Waals surface area contributed by atoms with Crippen molar-refractivity contribution >= 4 is 18.3 Å². The highest BCUT2D eigenvalue weighted by Crippen LogP contribution is 2.12. The topological polar surface area (TPSA) is 86.6 Å². The van der Waals surface area contributed by atoms with Gasteiger partial charge in [-0.2, -0.15) is 0 Å². The molecule has 0 saturated carbocycles. The lowest BCUT2D eigenvalue weighted by molar-refractivity contribution is -0.118. The highest BCUT2D eigenvalue weighted by molar-refractivity contribution is 5.85. The van der Waals surface area contributed by atoms with Gasteiger partial charge in [0.1, 0.15) is 0 Å². The fourth-order valence-electron chi connectivity index (χ4n) is 1.83. The number of piperazine rings is 1. The molecular formula is C11H14N4O3. The quantitative estimate of drug-likeness (QED) is 0.745. The average Bonchev–Trinajstić information content (AvgIpc) is 2.38. The zero-order valence-electron chi connectivity index (χ0n) is 10.0. The summed E-state index contributed by atoms with van der Waals surface area (Å²) in [7, 11) is 0. The number of anilines is 1. The number of carbonyl (C=O) groups is 2. The molecule has 0 bridgehead atoms. The molecule has 1 aliphatic rings. The summed E-state index contributed by atoms with van der Waals surface area (Å²) in [6.07, 6.45) is 0.817. The van der Waals surface area contributed by atoms with E-state index in [9.17, 15) is 9.59 Å². The Morgan fingerprint density at radius 1 is 1.33 bits per heavy atom. The minimum atomic E-state index is -1.06. The summed E-state index contributed by atoms with van der Waals surface area (Å²) in [6, 6.07) is 1.44. The Morgan fingerprint density at radius 3 is 2.56 bits per heavy atom. The third kappa shape index (κ3) is 2.55. The Morgan fingerprint density at radius 2 is 2.00 bits per heavy atom. The third-order valence-electron chi connectivity index (χ3n) is 2.81. The van der Waals surface area contributed by atoms with Gasteiger partial charge in [-0.05, 0) is 13.0 Å². The van der Waals surface area contributed by atoms with Crippen molar-refractivity contribution in [2.24, 2.45) is 0 Å². The molecule has 2 rings (SSSR count). The molecule has 0 atom stereocenters. The number of nitrogens with zero attached hydrogens (tertiary/aromatic N) is 4. The van der Waals surface area contributed by atoms with Gasteiger partial charge in [0.15, 0.2) is 5.69 Å². The molecule has 0 aromatic carbocycles. The van der Waals surface area contributed by atoms with Gasteiger partial charge >= 0.3 is 5.97 Å². The Labute approximate surface area is 104 Å². The number of hydrogen-bond donors (Lipinski definition) is 1. The van der Waals surface area contributed by atoms with Crippen LogP contribution in [0.2, 0.25) is 0 Å². The van der Waals surface area contributed by atoms with Crippen molar-refractivity contribution in [2.75, 3.05) is 31.1 Å². The molecule has 1 fully saturated rings. The second kappa shape index (κ2) is 4.99. The van der Waals surface area contributed by atoms with E-state index in [4.69, 9.17) is 5.11 Å². The standard InChI is InChI=1S/C11H14N4O3/c1-8-6-9(10(17)18)13-11(12-8)15-4-2-14(7-16)3-5-15/h6-7H,2-5H2,1H3,(H,17,18). The molecule has 96 valence electrons. The largest absolute Gasteiger partial charge is 0.477 e. The van der Waals surface area contributed by atoms with Crippen LogP contribution < -0.4 is 4.90 Å². The van der Waals surface area contributed by atoms with E-state index in [1.165, 1.54) is 6.07 Å². The van der Waals surface area contributed by atoms with Gasteiger partial charge in [-0.25, -0.2) is 14.8 Å². The van der Waals surface area contributed by atoms with Crippen molar-refractivity contribution in [3.05, 3.63) is 17.5 Å². The number of amides is 1. The molecule has 1 saturated heterocycles. The summed E-state index contributed by atoms with van der Waals surface area (Å²) < 4.78 is 0. The van der Waals surface area contributed by atoms with Crippen molar-refractivity contribution in [1.29, 1.82) is 0 Å². The maximum Gasteiger partial charge on any atom is 0.354 e. The van der Waals surface area contributed by atoms with Crippen molar-refractivity contribution < 1.29 is 14.7 Å². The minimum Gasteiger partial charge on any atom is -0.477 e. The summed E-state index contributed by atoms with van der Waals surface area (Å²) >= 11 is 0. The van der Waals surface area contributed by atoms with Crippen LogP contribution in [0.5, 0.6) is 0 Å². The minimum absolute atomic E-state index is 0.00434. The monoisotopic (exact) mass is 250 g/mol. The fourth-order valence-corrected chi connectivity index (χ4v) is 1.83. The molecule has 18 heavy (non-hydrogen) atoms. The van der Waals surface area contributed by atoms with Gasteiger partial charge in [-0.15, -0.1) is 0 Å². The van der Waals surface area contributed by atoms with E-state index in [2.05, 4.69) is 9.97 Å². The predicted octanol–water partition coefficient (Wildman–Crippen LogP) is -0.238. The highest BCUT2D eigenvalue weighted by Gasteiger charge is 2.19. The Bertz CT molecular complexity index is 469. The molecule has 0 unspecified atom stereocenters. The number of rotatable bonds is 3. The van der Waals surface area contributed by atoms with E-state index in [1.54, 1.807) is 11.8 Å². The number of carboxylic acids is 1. The Kier molecular flexibility index (Phi) is 3.40. The van der Waals surface area contributed by atoms with Crippen LogP contribution in [0.15, 0.2) is 6.07 Å². The van der Waals surface area contributed by atoms with E-state index in [0.29, 0.717) is 37.8 Å².